The molecule has 3 aliphatic heterocycles. The molecule has 0 spiro atoms. The van der Waals surface area contributed by atoms with E-state index in [1.54, 1.807) is 4.90 Å². The van der Waals surface area contributed by atoms with Gasteiger partial charge in [0.15, 0.2) is 5.82 Å². The van der Waals surface area contributed by atoms with Crippen LogP contribution < -0.4 is 20.7 Å². The first-order chi connectivity index (χ1) is 20.9. The molecule has 0 radical (unpaired) electrons. The van der Waals surface area contributed by atoms with Crippen molar-refractivity contribution in [3.63, 3.8) is 0 Å². The zero-order valence-electron chi connectivity index (χ0n) is 23.9. The van der Waals surface area contributed by atoms with Gasteiger partial charge >= 0.3 is 6.18 Å². The number of rotatable bonds is 5. The highest BCUT2D eigenvalue weighted by atomic mass is 19.4. The van der Waals surface area contributed by atoms with E-state index in [4.69, 9.17) is 4.74 Å². The molecule has 1 unspecified atom stereocenters. The van der Waals surface area contributed by atoms with Gasteiger partial charge in [0.2, 0.25) is 11.5 Å². The average molecular weight is 620 g/mol. The summed E-state index contributed by atoms with van der Waals surface area (Å²) in [5.74, 6) is -3.10. The normalized spacial score (nSPS) is 22.4. The molecule has 0 aliphatic carbocycles. The highest BCUT2D eigenvalue weighted by Crippen LogP contribution is 2.40. The van der Waals surface area contributed by atoms with Crippen LogP contribution in [0, 0.1) is 11.6 Å². The van der Waals surface area contributed by atoms with Crippen LogP contribution in [0.2, 0.25) is 0 Å². The number of H-pyrrole nitrogens is 1. The van der Waals surface area contributed by atoms with Gasteiger partial charge in [-0.3, -0.25) is 9.59 Å². The monoisotopic (exact) mass is 619 g/mol. The molecule has 6 rings (SSSR count). The number of fused-ring (bicyclic) bond motifs is 2. The van der Waals surface area contributed by atoms with Gasteiger partial charge in [0.05, 0.1) is 34.6 Å². The van der Waals surface area contributed by atoms with Crippen LogP contribution in [0.3, 0.4) is 0 Å². The van der Waals surface area contributed by atoms with Gasteiger partial charge in [-0.2, -0.15) is 13.2 Å². The number of nitrogens with zero attached hydrogens (tertiary/aromatic N) is 5. The van der Waals surface area contributed by atoms with Crippen molar-refractivity contribution in [2.75, 3.05) is 54.9 Å². The molecule has 10 nitrogen and oxygen atoms in total. The van der Waals surface area contributed by atoms with Gasteiger partial charge in [0.1, 0.15) is 11.5 Å². The molecule has 3 aliphatic rings. The van der Waals surface area contributed by atoms with Gasteiger partial charge in [-0.05, 0) is 26.8 Å². The summed E-state index contributed by atoms with van der Waals surface area (Å²) in [6, 6.07) is 1.28. The Labute approximate surface area is 248 Å². The average Bonchev–Trinajstić information content (AvgIpc) is 3.32. The van der Waals surface area contributed by atoms with Crippen LogP contribution >= 0.6 is 0 Å². The topological polar surface area (TPSA) is 107 Å². The number of aromatic nitrogens is 3. The molecular formula is C29H30F5N7O3. The SMILES string of the molecule is CC1CN(c2cc(F)c(-c3cnc(N4C[C@H]5CC[C@@H](C4)O5)nc3)c(F)c2NC(=O)c2c[nH]c(=O)cc2C(F)(F)F)CCN1C. The standard InChI is InChI=1S/C29H30F5N7O3/c1-15-12-40(6-5-39(15)2)22-8-21(30)24(16-9-36-28(37-10-16)41-13-17-3-4-18(14-41)44-17)25(31)26(22)38-27(43)19-11-35-23(42)7-20(19)29(32,33)34/h7-11,15,17-18H,3-6,12-14H2,1-2H3,(H,35,42)(H,38,43)/t15?,17-,18+. The van der Waals surface area contributed by atoms with E-state index >= 15 is 8.78 Å². The minimum atomic E-state index is -5.04. The van der Waals surface area contributed by atoms with E-state index in [0.29, 0.717) is 44.9 Å². The number of morpholine rings is 1. The summed E-state index contributed by atoms with van der Waals surface area (Å²) in [5.41, 5.74) is -4.58. The summed E-state index contributed by atoms with van der Waals surface area (Å²) in [5, 5.41) is 2.25. The maximum Gasteiger partial charge on any atom is 0.417 e. The maximum absolute atomic E-state index is 16.4. The van der Waals surface area contributed by atoms with Gasteiger partial charge in [-0.25, -0.2) is 18.7 Å². The molecule has 5 heterocycles. The highest BCUT2D eigenvalue weighted by Gasteiger charge is 2.37. The number of anilines is 3. The van der Waals surface area contributed by atoms with Crippen molar-refractivity contribution in [2.45, 2.75) is 44.2 Å². The molecule has 234 valence electrons. The number of hydrogen-bond donors (Lipinski definition) is 2. The predicted molar refractivity (Wildman–Crippen MR) is 152 cm³/mol. The molecule has 3 saturated heterocycles. The lowest BCUT2D eigenvalue weighted by Gasteiger charge is -2.39. The van der Waals surface area contributed by atoms with Crippen LogP contribution in [-0.4, -0.2) is 83.8 Å². The Morgan fingerprint density at radius 2 is 1.73 bits per heavy atom. The Hall–Kier alpha value is -4.11. The Kier molecular flexibility index (Phi) is 7.78. The highest BCUT2D eigenvalue weighted by molar-refractivity contribution is 6.07. The number of nitrogens with one attached hydrogen (secondary N) is 2. The van der Waals surface area contributed by atoms with E-state index in [2.05, 4.69) is 20.3 Å². The molecule has 2 N–H and O–H groups in total. The van der Waals surface area contributed by atoms with Crippen molar-refractivity contribution in [1.29, 1.82) is 0 Å². The van der Waals surface area contributed by atoms with Crippen molar-refractivity contribution < 1.29 is 31.5 Å². The Morgan fingerprint density at radius 1 is 1.05 bits per heavy atom. The minimum absolute atomic E-state index is 0.0196. The second-order valence-corrected chi connectivity index (χ2v) is 11.4. The lowest BCUT2D eigenvalue weighted by atomic mass is 10.0. The molecule has 0 saturated carbocycles. The third kappa shape index (κ3) is 5.73. The molecule has 3 atom stereocenters. The quantitative estimate of drug-likeness (QED) is 0.415. The molecular weight excluding hydrogens is 589 g/mol. The van der Waals surface area contributed by atoms with Crippen LogP contribution in [-0.2, 0) is 10.9 Å². The Balaban J connectivity index is 1.39. The number of likely N-dealkylation sites (N-methyl/N-ethyl adjacent to an activating group) is 1. The number of aromatic amines is 1. The van der Waals surface area contributed by atoms with Crippen LogP contribution in [0.15, 0.2) is 35.5 Å². The van der Waals surface area contributed by atoms with Gasteiger partial charge in [0, 0.05) is 75.1 Å². The number of benzene rings is 1. The Morgan fingerprint density at radius 3 is 2.36 bits per heavy atom. The largest absolute Gasteiger partial charge is 0.417 e. The van der Waals surface area contributed by atoms with E-state index < -0.39 is 51.7 Å². The van der Waals surface area contributed by atoms with Crippen molar-refractivity contribution in [3.05, 3.63) is 63.8 Å². The zero-order chi connectivity index (χ0) is 31.3. The third-order valence-corrected chi connectivity index (χ3v) is 8.46. The summed E-state index contributed by atoms with van der Waals surface area (Å²) >= 11 is 0. The third-order valence-electron chi connectivity index (χ3n) is 8.46. The summed E-state index contributed by atoms with van der Waals surface area (Å²) < 4.78 is 79.1. The smallest absolute Gasteiger partial charge is 0.371 e. The van der Waals surface area contributed by atoms with E-state index in [1.807, 2.05) is 23.8 Å². The molecule has 2 aromatic heterocycles. The first-order valence-corrected chi connectivity index (χ1v) is 14.2. The van der Waals surface area contributed by atoms with Crippen LogP contribution in [0.4, 0.5) is 39.3 Å². The lowest BCUT2D eigenvalue weighted by molar-refractivity contribution is -0.138. The van der Waals surface area contributed by atoms with Crippen molar-refractivity contribution in [2.24, 2.45) is 0 Å². The van der Waals surface area contributed by atoms with Crippen molar-refractivity contribution in [3.8, 4) is 11.1 Å². The molecule has 3 fully saturated rings. The Bertz CT molecular complexity index is 1620. The number of ether oxygens (including phenoxy) is 1. The summed E-state index contributed by atoms with van der Waals surface area (Å²) in [6.45, 7) is 4.32. The molecule has 1 aromatic carbocycles. The first-order valence-electron chi connectivity index (χ1n) is 14.2. The van der Waals surface area contributed by atoms with Crippen LogP contribution in [0.5, 0.6) is 0 Å². The minimum Gasteiger partial charge on any atom is -0.371 e. The van der Waals surface area contributed by atoms with E-state index in [-0.39, 0.29) is 35.6 Å². The second-order valence-electron chi connectivity index (χ2n) is 11.4. The molecule has 15 heteroatoms. The number of halogens is 5. The number of pyridine rings is 1. The molecule has 1 amide bonds. The van der Waals surface area contributed by atoms with Crippen molar-refractivity contribution in [1.82, 2.24) is 19.9 Å². The fourth-order valence-electron chi connectivity index (χ4n) is 5.97. The number of amides is 1. The van der Waals surface area contributed by atoms with Crippen LogP contribution in [0.1, 0.15) is 35.7 Å². The fraction of sp³-hybridized carbons (Fsp3) is 0.448. The number of carbonyl (C=O) groups is 1. The van der Waals surface area contributed by atoms with Gasteiger partial charge < -0.3 is 29.7 Å². The van der Waals surface area contributed by atoms with Crippen LogP contribution in [0.25, 0.3) is 11.1 Å². The predicted octanol–water partition coefficient (Wildman–Crippen LogP) is 3.89. The maximum atomic E-state index is 16.4. The summed E-state index contributed by atoms with van der Waals surface area (Å²) in [7, 11) is 1.90. The van der Waals surface area contributed by atoms with E-state index in [1.165, 1.54) is 12.4 Å². The van der Waals surface area contributed by atoms with Gasteiger partial charge in [0.25, 0.3) is 5.91 Å². The second kappa shape index (κ2) is 11.4. The summed E-state index contributed by atoms with van der Waals surface area (Å²) in [4.78, 5) is 41.3. The van der Waals surface area contributed by atoms with Gasteiger partial charge in [-0.1, -0.05) is 0 Å². The number of piperazine rings is 1. The number of carbonyl (C=O) groups excluding carboxylic acids is 1. The lowest BCUT2D eigenvalue weighted by Crippen LogP contribution is -2.50. The van der Waals surface area contributed by atoms with E-state index in [0.717, 1.165) is 18.9 Å². The number of alkyl halides is 3. The number of hydrogen-bond acceptors (Lipinski definition) is 8. The fourth-order valence-corrected chi connectivity index (χ4v) is 5.97. The van der Waals surface area contributed by atoms with Crippen molar-refractivity contribution >= 4 is 23.2 Å². The zero-order valence-corrected chi connectivity index (χ0v) is 23.9. The van der Waals surface area contributed by atoms with E-state index in [9.17, 15) is 22.8 Å². The first kappa shape index (κ1) is 29.9. The molecule has 44 heavy (non-hydrogen) atoms. The van der Waals surface area contributed by atoms with Gasteiger partial charge in [-0.15, -0.1) is 0 Å². The molecule has 2 bridgehead atoms. The summed E-state index contributed by atoms with van der Waals surface area (Å²) in [6.07, 6.45) is 0.138. The molecule has 3 aromatic rings.